The van der Waals surface area contributed by atoms with Gasteiger partial charge in [0.15, 0.2) is 5.78 Å². The zero-order valence-corrected chi connectivity index (χ0v) is 33.7. The van der Waals surface area contributed by atoms with Gasteiger partial charge in [0.2, 0.25) is 11.8 Å². The molecule has 0 spiro atoms. The van der Waals surface area contributed by atoms with E-state index in [4.69, 9.17) is 4.74 Å². The average Bonchev–Trinajstić information content (AvgIpc) is 3.52. The van der Waals surface area contributed by atoms with E-state index < -0.39 is 40.8 Å². The smallest absolute Gasteiger partial charge is 0.407 e. The zero-order chi connectivity index (χ0) is 38.9. The van der Waals surface area contributed by atoms with Crippen LogP contribution in [-0.2, 0) is 25.5 Å². The maximum Gasteiger partial charge on any atom is 0.407 e. The van der Waals surface area contributed by atoms with Crippen LogP contribution in [0.1, 0.15) is 126 Å². The summed E-state index contributed by atoms with van der Waals surface area (Å²) in [4.78, 5) is 56.4. The topological polar surface area (TPSA) is 128 Å². The number of ether oxygens (including phenoxy) is 1. The number of carbonyl (C=O) groups is 4. The summed E-state index contributed by atoms with van der Waals surface area (Å²) in [6, 6.07) is 8.52. The number of piperidine rings is 1. The van der Waals surface area contributed by atoms with E-state index in [2.05, 4.69) is 37.5 Å². The Labute approximate surface area is 313 Å². The Balaban J connectivity index is 1.78. The number of alkyl carbamates (subject to hydrolysis) is 1. The minimum absolute atomic E-state index is 0.0216. The minimum atomic E-state index is -0.777. The van der Waals surface area contributed by atoms with Crippen molar-refractivity contribution in [1.29, 1.82) is 0 Å². The lowest BCUT2D eigenvalue weighted by molar-refractivity contribution is -0.251. The lowest BCUT2D eigenvalue weighted by Crippen LogP contribution is -2.59. The first-order valence-electron chi connectivity index (χ1n) is 19.5. The predicted molar refractivity (Wildman–Crippen MR) is 206 cm³/mol. The monoisotopic (exact) mass is 725 g/mol. The van der Waals surface area contributed by atoms with E-state index in [1.54, 1.807) is 25.7 Å². The number of rotatable bonds is 16. The normalized spacial score (nSPS) is 21.2. The van der Waals surface area contributed by atoms with Crippen molar-refractivity contribution >= 4 is 23.7 Å². The molecule has 2 aliphatic rings. The summed E-state index contributed by atoms with van der Waals surface area (Å²) < 4.78 is 5.36. The van der Waals surface area contributed by atoms with Crippen LogP contribution in [0, 0.1) is 23.7 Å². The summed E-state index contributed by atoms with van der Waals surface area (Å²) in [6.45, 7) is 20.6. The number of nitrogens with one attached hydrogen (secondary N) is 2. The van der Waals surface area contributed by atoms with Gasteiger partial charge in [0.25, 0.3) is 0 Å². The van der Waals surface area contributed by atoms with Gasteiger partial charge in [-0.1, -0.05) is 63.3 Å². The van der Waals surface area contributed by atoms with Crippen molar-refractivity contribution in [1.82, 2.24) is 20.6 Å². The van der Waals surface area contributed by atoms with Gasteiger partial charge in [-0.25, -0.2) is 4.79 Å². The van der Waals surface area contributed by atoms with E-state index in [1.807, 2.05) is 64.1 Å². The van der Waals surface area contributed by atoms with Crippen LogP contribution in [0.3, 0.4) is 0 Å². The second kappa shape index (κ2) is 18.7. The number of hydroxylamine groups is 2. The quantitative estimate of drug-likeness (QED) is 0.119. The number of nitrogens with zero attached hydrogens (tertiary/aromatic N) is 2. The highest BCUT2D eigenvalue weighted by molar-refractivity contribution is 5.94. The fourth-order valence-electron chi connectivity index (χ4n) is 8.21. The van der Waals surface area contributed by atoms with E-state index in [9.17, 15) is 24.4 Å². The molecule has 2 saturated heterocycles. The highest BCUT2D eigenvalue weighted by atomic mass is 16.6. The van der Waals surface area contributed by atoms with E-state index in [0.29, 0.717) is 63.3 Å². The van der Waals surface area contributed by atoms with Gasteiger partial charge in [-0.05, 0) is 123 Å². The third-order valence-electron chi connectivity index (χ3n) is 10.2. The first-order chi connectivity index (χ1) is 24.2. The first-order valence-corrected chi connectivity index (χ1v) is 19.5. The molecule has 2 heterocycles. The lowest BCUT2D eigenvalue weighted by Gasteiger charge is -2.51. The number of allylic oxidation sites excluding steroid dienone is 1. The molecule has 10 nitrogen and oxygen atoms in total. The summed E-state index contributed by atoms with van der Waals surface area (Å²) in [5.41, 5.74) is -0.587. The molecule has 1 aromatic rings. The van der Waals surface area contributed by atoms with Crippen molar-refractivity contribution in [3.8, 4) is 0 Å². The molecule has 3 rings (SSSR count). The van der Waals surface area contributed by atoms with E-state index in [0.717, 1.165) is 12.0 Å². The molecule has 0 aromatic heterocycles. The molecule has 292 valence electrons. The Hall–Kier alpha value is -3.24. The fourth-order valence-corrected chi connectivity index (χ4v) is 8.21. The third-order valence-corrected chi connectivity index (χ3v) is 10.2. The van der Waals surface area contributed by atoms with Crippen molar-refractivity contribution < 1.29 is 29.1 Å². The molecular weight excluding hydrogens is 656 g/mol. The standard InChI is InChI=1S/C42H68N4O6/c1-29(2)24-30(3)20-21-33(25-31-16-12-11-13-17-31)38(49)45-23-15-19-35(45)37(48)44-34(18-14-22-43-39(50)52-40(4,5)6)36(47)26-32-27-41(7,8)46(51)42(9,10)28-32/h11-13,16-17,20-21,29-30,32-35,51H,14-15,18-19,22-28H2,1-10H3,(H,43,50)(H,44,48)/b21-20+/t30-,33-,34+,35-/m1/s1. The van der Waals surface area contributed by atoms with Gasteiger partial charge in [-0.15, -0.1) is 0 Å². The van der Waals surface area contributed by atoms with Crippen LogP contribution in [0.2, 0.25) is 0 Å². The Morgan fingerprint density at radius 2 is 1.63 bits per heavy atom. The van der Waals surface area contributed by atoms with Crippen molar-refractivity contribution in [3.05, 3.63) is 48.0 Å². The number of ketones is 1. The summed E-state index contributed by atoms with van der Waals surface area (Å²) >= 11 is 0. The van der Waals surface area contributed by atoms with Crippen molar-refractivity contribution in [2.24, 2.45) is 23.7 Å². The Morgan fingerprint density at radius 1 is 1.00 bits per heavy atom. The summed E-state index contributed by atoms with van der Waals surface area (Å²) in [6.07, 6.45) is 8.75. The number of Topliss-reactive ketones (excluding diaryl/α,β-unsaturated/α-hetero) is 1. The van der Waals surface area contributed by atoms with E-state index in [1.165, 1.54) is 5.06 Å². The van der Waals surface area contributed by atoms with Gasteiger partial charge in [0.1, 0.15) is 11.6 Å². The molecule has 0 bridgehead atoms. The second-order valence-electron chi connectivity index (χ2n) is 18.0. The van der Waals surface area contributed by atoms with Crippen LogP contribution in [0.5, 0.6) is 0 Å². The van der Waals surface area contributed by atoms with Gasteiger partial charge >= 0.3 is 6.09 Å². The number of amides is 3. The largest absolute Gasteiger partial charge is 0.444 e. The minimum Gasteiger partial charge on any atom is -0.444 e. The molecule has 52 heavy (non-hydrogen) atoms. The molecule has 0 saturated carbocycles. The Bertz CT molecular complexity index is 1350. The molecule has 2 aliphatic heterocycles. The van der Waals surface area contributed by atoms with E-state index in [-0.39, 0.29) is 36.5 Å². The van der Waals surface area contributed by atoms with Crippen LogP contribution >= 0.6 is 0 Å². The molecular formula is C42H68N4O6. The molecule has 0 radical (unpaired) electrons. The maximum atomic E-state index is 14.3. The van der Waals surface area contributed by atoms with E-state index >= 15 is 0 Å². The molecule has 3 N–H and O–H groups in total. The summed E-state index contributed by atoms with van der Waals surface area (Å²) in [5.74, 6) is 0.0116. The molecule has 0 aliphatic carbocycles. The van der Waals surface area contributed by atoms with Crippen LogP contribution in [0.25, 0.3) is 0 Å². The summed E-state index contributed by atoms with van der Waals surface area (Å²) in [5, 5.41) is 18.0. The molecule has 1 aromatic carbocycles. The van der Waals surface area contributed by atoms with Gasteiger partial charge < -0.3 is 25.5 Å². The van der Waals surface area contributed by atoms with Crippen molar-refractivity contribution in [2.75, 3.05) is 13.1 Å². The number of hydrogen-bond acceptors (Lipinski definition) is 7. The highest BCUT2D eigenvalue weighted by Gasteiger charge is 2.46. The predicted octanol–water partition coefficient (Wildman–Crippen LogP) is 7.48. The number of likely N-dealkylation sites (tertiary alicyclic amines) is 1. The second-order valence-corrected chi connectivity index (χ2v) is 18.0. The zero-order valence-electron chi connectivity index (χ0n) is 33.7. The number of carbonyl (C=O) groups excluding carboxylic acids is 4. The number of hydrogen-bond donors (Lipinski definition) is 3. The molecule has 10 heteroatoms. The van der Waals surface area contributed by atoms with Crippen molar-refractivity contribution in [2.45, 2.75) is 156 Å². The van der Waals surface area contributed by atoms with Crippen LogP contribution < -0.4 is 10.6 Å². The molecule has 0 unspecified atom stereocenters. The maximum absolute atomic E-state index is 14.3. The fraction of sp³-hybridized carbons (Fsp3) is 0.714. The first kappa shape index (κ1) is 43.2. The van der Waals surface area contributed by atoms with Gasteiger partial charge in [0, 0.05) is 30.6 Å². The Kier molecular flexibility index (Phi) is 15.5. The van der Waals surface area contributed by atoms with Crippen LogP contribution in [0.4, 0.5) is 4.79 Å². The number of benzene rings is 1. The lowest BCUT2D eigenvalue weighted by atomic mass is 9.73. The van der Waals surface area contributed by atoms with Gasteiger partial charge in [-0.2, -0.15) is 5.06 Å². The summed E-state index contributed by atoms with van der Waals surface area (Å²) in [7, 11) is 0. The van der Waals surface area contributed by atoms with Gasteiger partial charge in [0.05, 0.1) is 12.0 Å². The molecule has 4 atom stereocenters. The molecule has 3 amide bonds. The van der Waals surface area contributed by atoms with Crippen LogP contribution in [0.15, 0.2) is 42.5 Å². The highest BCUT2D eigenvalue weighted by Crippen LogP contribution is 2.41. The SMILES string of the molecule is CC(C)C[C@H](C)/C=C/[C@H](Cc1ccccc1)C(=O)N1CCC[C@@H]1C(=O)N[C@@H](CCCNC(=O)OC(C)(C)C)C(=O)CC1CC(C)(C)N(O)C(C)(C)C1. The molecule has 2 fully saturated rings. The van der Waals surface area contributed by atoms with Gasteiger partial charge in [-0.3, -0.25) is 14.4 Å². The Morgan fingerprint density at radius 3 is 2.23 bits per heavy atom. The third kappa shape index (κ3) is 13.3. The van der Waals surface area contributed by atoms with Crippen molar-refractivity contribution in [3.63, 3.8) is 0 Å². The average molecular weight is 725 g/mol. The van der Waals surface area contributed by atoms with Crippen LogP contribution in [-0.4, -0.2) is 80.7 Å².